The molecule has 0 atom stereocenters. The van der Waals surface area contributed by atoms with Crippen LogP contribution in [-0.2, 0) is 4.79 Å². The van der Waals surface area contributed by atoms with Crippen LogP contribution in [0.1, 0.15) is 30.9 Å². The van der Waals surface area contributed by atoms with Gasteiger partial charge in [-0.3, -0.25) is 4.79 Å². The van der Waals surface area contributed by atoms with Gasteiger partial charge < -0.3 is 4.74 Å². The number of nitrogens with zero attached hydrogens (tertiary/aromatic N) is 1. The third-order valence-electron chi connectivity index (χ3n) is 4.10. The van der Waals surface area contributed by atoms with Crippen molar-refractivity contribution in [2.45, 2.75) is 19.8 Å². The quantitative estimate of drug-likeness (QED) is 0.528. The molecule has 0 radical (unpaired) electrons. The van der Waals surface area contributed by atoms with Gasteiger partial charge in [0.2, 0.25) is 0 Å². The van der Waals surface area contributed by atoms with E-state index in [9.17, 15) is 4.79 Å². The van der Waals surface area contributed by atoms with Crippen molar-refractivity contribution in [1.82, 2.24) is 5.43 Å². The third-order valence-corrected chi connectivity index (χ3v) is 4.10. The van der Waals surface area contributed by atoms with E-state index in [1.54, 1.807) is 6.21 Å². The zero-order valence-electron chi connectivity index (χ0n) is 15.0. The number of benzene rings is 3. The van der Waals surface area contributed by atoms with Crippen LogP contribution in [-0.4, -0.2) is 18.7 Å². The molecule has 4 heteroatoms. The van der Waals surface area contributed by atoms with Crippen LogP contribution in [0.15, 0.2) is 71.8 Å². The molecule has 0 aliphatic carbocycles. The van der Waals surface area contributed by atoms with Crippen LogP contribution in [0.4, 0.5) is 0 Å². The van der Waals surface area contributed by atoms with E-state index < -0.39 is 0 Å². The van der Waals surface area contributed by atoms with Crippen LogP contribution in [0.2, 0.25) is 0 Å². The molecule has 0 aliphatic rings. The van der Waals surface area contributed by atoms with Gasteiger partial charge in [-0.25, -0.2) is 5.43 Å². The molecule has 0 fully saturated rings. The Kier molecular flexibility index (Phi) is 5.64. The first-order chi connectivity index (χ1) is 12.6. The standard InChI is InChI=1S/C22H22N2O2/c1-16(2)18-9-7-17(8-10-18)14-23-24-22(25)15-26-21-12-11-19-5-3-4-6-20(19)13-21/h3-14,16H,15H2,1-2H3,(H,24,25)/b23-14+. The van der Waals surface area contributed by atoms with Crippen LogP contribution in [0.25, 0.3) is 10.8 Å². The van der Waals surface area contributed by atoms with Crippen LogP contribution in [0.3, 0.4) is 0 Å². The van der Waals surface area contributed by atoms with Gasteiger partial charge in [-0.2, -0.15) is 5.10 Å². The Balaban J connectivity index is 1.50. The van der Waals surface area contributed by atoms with Crippen molar-refractivity contribution >= 4 is 22.9 Å². The number of carbonyl (C=O) groups is 1. The molecule has 0 saturated heterocycles. The largest absolute Gasteiger partial charge is 0.484 e. The van der Waals surface area contributed by atoms with E-state index in [4.69, 9.17) is 4.74 Å². The summed E-state index contributed by atoms with van der Waals surface area (Å²) < 4.78 is 5.53. The van der Waals surface area contributed by atoms with Crippen molar-refractivity contribution in [1.29, 1.82) is 0 Å². The lowest BCUT2D eigenvalue weighted by Crippen LogP contribution is -2.24. The minimum absolute atomic E-state index is 0.0814. The average Bonchev–Trinajstić information content (AvgIpc) is 2.66. The molecule has 1 amide bonds. The van der Waals surface area contributed by atoms with Gasteiger partial charge in [0.25, 0.3) is 5.91 Å². The minimum atomic E-state index is -0.298. The first-order valence-corrected chi connectivity index (χ1v) is 8.65. The van der Waals surface area contributed by atoms with E-state index in [1.807, 2.05) is 54.6 Å². The first kappa shape index (κ1) is 17.7. The van der Waals surface area contributed by atoms with E-state index in [0.717, 1.165) is 16.3 Å². The molecule has 4 nitrogen and oxygen atoms in total. The first-order valence-electron chi connectivity index (χ1n) is 8.65. The molecule has 26 heavy (non-hydrogen) atoms. The monoisotopic (exact) mass is 346 g/mol. The zero-order chi connectivity index (χ0) is 18.4. The van der Waals surface area contributed by atoms with E-state index in [-0.39, 0.29) is 12.5 Å². The predicted molar refractivity (Wildman–Crippen MR) is 106 cm³/mol. The molecule has 132 valence electrons. The smallest absolute Gasteiger partial charge is 0.277 e. The van der Waals surface area contributed by atoms with E-state index in [1.165, 1.54) is 5.56 Å². The van der Waals surface area contributed by atoms with Crippen LogP contribution in [0.5, 0.6) is 5.75 Å². The molecule has 3 rings (SSSR count). The Labute approximate surface area is 153 Å². The molecular weight excluding hydrogens is 324 g/mol. The number of hydrazone groups is 1. The van der Waals surface area contributed by atoms with Gasteiger partial charge in [0.05, 0.1) is 6.21 Å². The molecule has 1 N–H and O–H groups in total. The Morgan fingerprint density at radius 3 is 2.50 bits per heavy atom. The summed E-state index contributed by atoms with van der Waals surface area (Å²) in [7, 11) is 0. The van der Waals surface area contributed by atoms with Gasteiger partial charge in [0.15, 0.2) is 6.61 Å². The lowest BCUT2D eigenvalue weighted by atomic mass is 10.0. The molecule has 3 aromatic rings. The van der Waals surface area contributed by atoms with Crippen molar-refractivity contribution < 1.29 is 9.53 Å². The van der Waals surface area contributed by atoms with Gasteiger partial charge in [-0.15, -0.1) is 0 Å². The van der Waals surface area contributed by atoms with Gasteiger partial charge in [-0.1, -0.05) is 68.4 Å². The molecule has 0 aromatic heterocycles. The van der Waals surface area contributed by atoms with Crippen molar-refractivity contribution in [3.8, 4) is 5.75 Å². The summed E-state index contributed by atoms with van der Waals surface area (Å²) in [5.41, 5.74) is 4.69. The minimum Gasteiger partial charge on any atom is -0.484 e. The summed E-state index contributed by atoms with van der Waals surface area (Å²) >= 11 is 0. The van der Waals surface area contributed by atoms with Crippen LogP contribution in [0, 0.1) is 0 Å². The maximum absolute atomic E-state index is 11.9. The fourth-order valence-corrected chi connectivity index (χ4v) is 2.58. The fraction of sp³-hybridized carbons (Fsp3) is 0.182. The number of amides is 1. The molecule has 0 spiro atoms. The summed E-state index contributed by atoms with van der Waals surface area (Å²) in [6.45, 7) is 4.22. The highest BCUT2D eigenvalue weighted by atomic mass is 16.5. The molecular formula is C22H22N2O2. The highest BCUT2D eigenvalue weighted by molar-refractivity contribution is 5.84. The van der Waals surface area contributed by atoms with Crippen molar-refractivity contribution in [2.75, 3.05) is 6.61 Å². The van der Waals surface area contributed by atoms with Gasteiger partial charge in [0, 0.05) is 0 Å². The predicted octanol–water partition coefficient (Wildman–Crippen LogP) is 4.49. The number of rotatable bonds is 6. The second kappa shape index (κ2) is 8.30. The van der Waals surface area contributed by atoms with Crippen molar-refractivity contribution in [3.63, 3.8) is 0 Å². The van der Waals surface area contributed by atoms with Gasteiger partial charge >= 0.3 is 0 Å². The maximum atomic E-state index is 11.9. The van der Waals surface area contributed by atoms with Crippen LogP contribution >= 0.6 is 0 Å². The normalized spacial score (nSPS) is 11.2. The highest BCUT2D eigenvalue weighted by Gasteiger charge is 2.03. The maximum Gasteiger partial charge on any atom is 0.277 e. The lowest BCUT2D eigenvalue weighted by Gasteiger charge is -2.06. The van der Waals surface area contributed by atoms with Gasteiger partial charge in [0.1, 0.15) is 5.75 Å². The molecule has 0 unspecified atom stereocenters. The summed E-state index contributed by atoms with van der Waals surface area (Å²) in [4.78, 5) is 11.9. The lowest BCUT2D eigenvalue weighted by molar-refractivity contribution is -0.123. The summed E-state index contributed by atoms with van der Waals surface area (Å²) in [5, 5.41) is 6.19. The van der Waals surface area contributed by atoms with Crippen molar-refractivity contribution in [2.24, 2.45) is 5.10 Å². The Morgan fingerprint density at radius 2 is 1.77 bits per heavy atom. The number of hydrogen-bond donors (Lipinski definition) is 1. The number of fused-ring (bicyclic) bond motifs is 1. The van der Waals surface area contributed by atoms with Gasteiger partial charge in [-0.05, 0) is 39.9 Å². The fourth-order valence-electron chi connectivity index (χ4n) is 2.58. The molecule has 0 heterocycles. The van der Waals surface area contributed by atoms with E-state index in [2.05, 4.69) is 36.5 Å². The van der Waals surface area contributed by atoms with Crippen LogP contribution < -0.4 is 10.2 Å². The second-order valence-electron chi connectivity index (χ2n) is 6.41. The summed E-state index contributed by atoms with van der Waals surface area (Å²) in [5.74, 6) is 0.855. The Hall–Kier alpha value is -3.14. The molecule has 0 aliphatic heterocycles. The number of ether oxygens (including phenoxy) is 1. The third kappa shape index (κ3) is 4.70. The summed E-state index contributed by atoms with van der Waals surface area (Å²) in [6.07, 6.45) is 1.62. The molecule has 3 aromatic carbocycles. The second-order valence-corrected chi connectivity index (χ2v) is 6.41. The molecule has 0 bridgehead atoms. The average molecular weight is 346 g/mol. The Morgan fingerprint density at radius 1 is 1.04 bits per heavy atom. The van der Waals surface area contributed by atoms with E-state index >= 15 is 0 Å². The Bertz CT molecular complexity index is 915. The molecule has 0 saturated carbocycles. The number of carbonyl (C=O) groups excluding carboxylic acids is 1. The zero-order valence-corrected chi connectivity index (χ0v) is 15.0. The topological polar surface area (TPSA) is 50.7 Å². The van der Waals surface area contributed by atoms with E-state index in [0.29, 0.717) is 11.7 Å². The number of hydrogen-bond acceptors (Lipinski definition) is 3. The number of nitrogens with one attached hydrogen (secondary N) is 1. The highest BCUT2D eigenvalue weighted by Crippen LogP contribution is 2.20. The van der Waals surface area contributed by atoms with Crippen molar-refractivity contribution in [3.05, 3.63) is 77.9 Å². The SMILES string of the molecule is CC(C)c1ccc(/C=N/NC(=O)COc2ccc3ccccc3c2)cc1. The summed E-state index contributed by atoms with van der Waals surface area (Å²) in [6, 6.07) is 21.9.